The Balaban J connectivity index is 2.54. The van der Waals surface area contributed by atoms with Crippen molar-refractivity contribution in [2.24, 2.45) is 0 Å². The first-order valence-electron chi connectivity index (χ1n) is 5.65. The van der Waals surface area contributed by atoms with Crippen LogP contribution >= 0.6 is 0 Å². The largest absolute Gasteiger partial charge is 0.494 e. The third-order valence-corrected chi connectivity index (χ3v) is 3.63. The number of hydrogen-bond acceptors (Lipinski definition) is 3. The van der Waals surface area contributed by atoms with Crippen LogP contribution in [0.15, 0.2) is 12.1 Å². The molecule has 1 heterocycles. The predicted molar refractivity (Wildman–Crippen MR) is 61.7 cm³/mol. The fourth-order valence-electron chi connectivity index (χ4n) is 2.20. The second-order valence-corrected chi connectivity index (χ2v) is 5.10. The highest BCUT2D eigenvalue weighted by molar-refractivity contribution is 5.39. The van der Waals surface area contributed by atoms with Gasteiger partial charge < -0.3 is 14.6 Å². The summed E-state index contributed by atoms with van der Waals surface area (Å²) in [5, 5.41) is 10.2. The summed E-state index contributed by atoms with van der Waals surface area (Å²) in [6.45, 7) is 3.46. The standard InChI is InChI=1S/C13H16F2O3/c1-12(2,16)13(6-18-7-13)8-4-10(15)11(17-3)5-9(8)14/h4-5,16H,6-7H2,1-3H3. The van der Waals surface area contributed by atoms with Crippen molar-refractivity contribution < 1.29 is 23.4 Å². The number of methoxy groups -OCH3 is 1. The number of benzene rings is 1. The third-order valence-electron chi connectivity index (χ3n) is 3.63. The minimum atomic E-state index is -1.20. The van der Waals surface area contributed by atoms with Crippen LogP contribution in [-0.4, -0.2) is 31.0 Å². The van der Waals surface area contributed by atoms with Gasteiger partial charge in [0, 0.05) is 11.6 Å². The lowest BCUT2D eigenvalue weighted by atomic mass is 9.67. The molecular formula is C13H16F2O3. The summed E-state index contributed by atoms with van der Waals surface area (Å²) >= 11 is 0. The number of aliphatic hydroxyl groups is 1. The Morgan fingerprint density at radius 3 is 2.28 bits per heavy atom. The summed E-state index contributed by atoms with van der Waals surface area (Å²) in [4.78, 5) is 0. The smallest absolute Gasteiger partial charge is 0.165 e. The molecule has 0 spiro atoms. The Morgan fingerprint density at radius 1 is 1.28 bits per heavy atom. The lowest BCUT2D eigenvalue weighted by molar-refractivity contribution is -0.158. The summed E-state index contributed by atoms with van der Waals surface area (Å²) < 4.78 is 37.6. The third kappa shape index (κ3) is 1.78. The van der Waals surface area contributed by atoms with Crippen LogP contribution in [-0.2, 0) is 10.2 Å². The van der Waals surface area contributed by atoms with Crippen LogP contribution in [0.5, 0.6) is 5.75 Å². The summed E-state index contributed by atoms with van der Waals surface area (Å²) in [6, 6.07) is 2.07. The lowest BCUT2D eigenvalue weighted by Gasteiger charge is -2.50. The Kier molecular flexibility index (Phi) is 3.07. The molecule has 1 aliphatic heterocycles. The Hall–Kier alpha value is -1.20. The molecule has 0 unspecified atom stereocenters. The van der Waals surface area contributed by atoms with Crippen LogP contribution in [0, 0.1) is 11.6 Å². The maximum atomic E-state index is 14.1. The van der Waals surface area contributed by atoms with Crippen LogP contribution in [0.25, 0.3) is 0 Å². The summed E-state index contributed by atoms with van der Waals surface area (Å²) in [5.74, 6) is -1.40. The van der Waals surface area contributed by atoms with Gasteiger partial charge in [0.15, 0.2) is 11.6 Å². The Labute approximate surface area is 104 Å². The SMILES string of the molecule is COc1cc(F)c(C2(C(C)(C)O)COC2)cc1F. The molecule has 2 rings (SSSR count). The van der Waals surface area contributed by atoms with E-state index in [1.807, 2.05) is 0 Å². The van der Waals surface area contributed by atoms with Crippen molar-refractivity contribution >= 4 is 0 Å². The zero-order valence-electron chi connectivity index (χ0n) is 10.6. The van der Waals surface area contributed by atoms with Crippen LogP contribution in [0.1, 0.15) is 19.4 Å². The van der Waals surface area contributed by atoms with Gasteiger partial charge in [-0.05, 0) is 19.9 Å². The van der Waals surface area contributed by atoms with Gasteiger partial charge in [-0.25, -0.2) is 8.78 Å². The van der Waals surface area contributed by atoms with E-state index >= 15 is 0 Å². The lowest BCUT2D eigenvalue weighted by Crippen LogP contribution is -2.61. The molecule has 0 atom stereocenters. The maximum Gasteiger partial charge on any atom is 0.165 e. The molecule has 0 bridgehead atoms. The van der Waals surface area contributed by atoms with Gasteiger partial charge in [0.2, 0.25) is 0 Å². The second kappa shape index (κ2) is 4.17. The van der Waals surface area contributed by atoms with Crippen LogP contribution in [0.4, 0.5) is 8.78 Å². The molecule has 1 saturated heterocycles. The molecule has 3 nitrogen and oxygen atoms in total. The number of halogens is 2. The zero-order chi connectivity index (χ0) is 13.6. The average molecular weight is 258 g/mol. The van der Waals surface area contributed by atoms with E-state index in [0.717, 1.165) is 12.1 Å². The van der Waals surface area contributed by atoms with Gasteiger partial charge in [0.25, 0.3) is 0 Å². The molecular weight excluding hydrogens is 242 g/mol. The molecule has 1 aromatic carbocycles. The van der Waals surface area contributed by atoms with E-state index in [1.54, 1.807) is 13.8 Å². The van der Waals surface area contributed by atoms with Gasteiger partial charge in [-0.2, -0.15) is 0 Å². The van der Waals surface area contributed by atoms with E-state index in [2.05, 4.69) is 0 Å². The normalized spacial score (nSPS) is 18.3. The highest BCUT2D eigenvalue weighted by Gasteiger charge is 2.53. The van der Waals surface area contributed by atoms with E-state index in [9.17, 15) is 13.9 Å². The van der Waals surface area contributed by atoms with Crippen molar-refractivity contribution in [2.45, 2.75) is 24.9 Å². The minimum absolute atomic E-state index is 0.125. The topological polar surface area (TPSA) is 38.7 Å². The van der Waals surface area contributed by atoms with Crippen LogP contribution < -0.4 is 4.74 Å². The fraction of sp³-hybridized carbons (Fsp3) is 0.538. The molecule has 0 aliphatic carbocycles. The van der Waals surface area contributed by atoms with E-state index in [1.165, 1.54) is 7.11 Å². The van der Waals surface area contributed by atoms with Gasteiger partial charge in [0.05, 0.1) is 31.3 Å². The van der Waals surface area contributed by atoms with Gasteiger partial charge in [-0.3, -0.25) is 0 Å². The van der Waals surface area contributed by atoms with E-state index < -0.39 is 22.7 Å². The maximum absolute atomic E-state index is 14.1. The van der Waals surface area contributed by atoms with Gasteiger partial charge in [0.1, 0.15) is 5.82 Å². The summed E-state index contributed by atoms with van der Waals surface area (Å²) in [7, 11) is 1.27. The fourth-order valence-corrected chi connectivity index (χ4v) is 2.20. The predicted octanol–water partition coefficient (Wildman–Crippen LogP) is 2.01. The molecule has 1 aliphatic rings. The van der Waals surface area contributed by atoms with Crippen molar-refractivity contribution in [3.63, 3.8) is 0 Å². The summed E-state index contributed by atoms with van der Waals surface area (Å²) in [6.07, 6.45) is 0. The first kappa shape index (κ1) is 13.2. The van der Waals surface area contributed by atoms with Crippen molar-refractivity contribution in [3.8, 4) is 5.75 Å². The molecule has 1 aromatic rings. The number of hydrogen-bond donors (Lipinski definition) is 1. The monoisotopic (exact) mass is 258 g/mol. The summed E-state index contributed by atoms with van der Waals surface area (Å²) in [5.41, 5.74) is -1.99. The van der Waals surface area contributed by atoms with E-state index in [4.69, 9.17) is 9.47 Å². The molecule has 1 fully saturated rings. The molecule has 1 N–H and O–H groups in total. The minimum Gasteiger partial charge on any atom is -0.494 e. The Morgan fingerprint density at radius 2 is 1.89 bits per heavy atom. The van der Waals surface area contributed by atoms with Crippen molar-refractivity contribution in [3.05, 3.63) is 29.3 Å². The number of ether oxygens (including phenoxy) is 2. The van der Waals surface area contributed by atoms with Crippen LogP contribution in [0.2, 0.25) is 0 Å². The Bertz CT molecular complexity index is 462. The molecule has 0 saturated carbocycles. The van der Waals surface area contributed by atoms with Gasteiger partial charge in [-0.15, -0.1) is 0 Å². The van der Waals surface area contributed by atoms with Crippen molar-refractivity contribution in [1.29, 1.82) is 0 Å². The molecule has 100 valence electrons. The van der Waals surface area contributed by atoms with Gasteiger partial charge >= 0.3 is 0 Å². The molecule has 0 radical (unpaired) electrons. The van der Waals surface area contributed by atoms with Crippen LogP contribution in [0.3, 0.4) is 0 Å². The van der Waals surface area contributed by atoms with E-state index in [-0.39, 0.29) is 24.5 Å². The quantitative estimate of drug-likeness (QED) is 0.901. The highest BCUT2D eigenvalue weighted by Crippen LogP contribution is 2.44. The van der Waals surface area contributed by atoms with Gasteiger partial charge in [-0.1, -0.05) is 0 Å². The first-order chi connectivity index (χ1) is 8.32. The first-order valence-corrected chi connectivity index (χ1v) is 5.65. The number of rotatable bonds is 3. The van der Waals surface area contributed by atoms with Crippen molar-refractivity contribution in [2.75, 3.05) is 20.3 Å². The molecule has 0 aromatic heterocycles. The average Bonchev–Trinajstić information content (AvgIpc) is 2.18. The molecule has 5 heteroatoms. The zero-order valence-corrected chi connectivity index (χ0v) is 10.6. The van der Waals surface area contributed by atoms with Crippen molar-refractivity contribution in [1.82, 2.24) is 0 Å². The molecule has 0 amide bonds. The molecule has 18 heavy (non-hydrogen) atoms. The van der Waals surface area contributed by atoms with E-state index in [0.29, 0.717) is 0 Å². The highest BCUT2D eigenvalue weighted by atomic mass is 19.1. The second-order valence-electron chi connectivity index (χ2n) is 5.10.